The van der Waals surface area contributed by atoms with Gasteiger partial charge in [0.2, 0.25) is 0 Å². The van der Waals surface area contributed by atoms with Crippen LogP contribution in [0.1, 0.15) is 41.4 Å². The van der Waals surface area contributed by atoms with Crippen LogP contribution in [0, 0.1) is 0 Å². The van der Waals surface area contributed by atoms with Crippen LogP contribution in [-0.2, 0) is 20.3 Å². The van der Waals surface area contributed by atoms with Gasteiger partial charge in [-0.3, -0.25) is 14.4 Å². The van der Waals surface area contributed by atoms with Crippen molar-refractivity contribution in [2.75, 3.05) is 65.6 Å². The summed E-state index contributed by atoms with van der Waals surface area (Å²) < 4.78 is 47.2. The summed E-state index contributed by atoms with van der Waals surface area (Å²) in [6.45, 7) is 7.01. The summed E-state index contributed by atoms with van der Waals surface area (Å²) in [4.78, 5) is 20.3. The molecule has 5 heterocycles. The molecule has 1 aromatic heterocycles. The Morgan fingerprint density at radius 2 is 1.70 bits per heavy atom. The number of piperidine rings is 1. The van der Waals surface area contributed by atoms with E-state index in [1.165, 1.54) is 0 Å². The lowest BCUT2D eigenvalue weighted by Gasteiger charge is -2.30. The standard InChI is InChI=1S/C26H34FN5O4S/c27-19-5-8-29(9-6-19)11-12-30-10-7-20(17-30)32-25-21-3-1-2-4-23(21)37(34,35)18-22(25)24(28-32)26(33)31-13-15-36-16-14-31/h1-4,19-20H,5-18H2/t20-/m1/s1. The van der Waals surface area contributed by atoms with E-state index in [-0.39, 0.29) is 23.4 Å². The fourth-order valence-electron chi connectivity index (χ4n) is 6.07. The predicted molar refractivity (Wildman–Crippen MR) is 136 cm³/mol. The Hall–Kier alpha value is -2.34. The second-order valence-corrected chi connectivity index (χ2v) is 12.5. The van der Waals surface area contributed by atoms with E-state index in [9.17, 15) is 17.6 Å². The number of ether oxygens (including phenoxy) is 1. The zero-order chi connectivity index (χ0) is 25.6. The Balaban J connectivity index is 1.29. The van der Waals surface area contributed by atoms with Crippen LogP contribution in [0.25, 0.3) is 11.3 Å². The quantitative estimate of drug-likeness (QED) is 0.583. The van der Waals surface area contributed by atoms with Gasteiger partial charge in [0.25, 0.3) is 5.91 Å². The molecule has 11 heteroatoms. The molecule has 4 aliphatic heterocycles. The van der Waals surface area contributed by atoms with E-state index in [2.05, 4.69) is 9.80 Å². The molecule has 4 aliphatic rings. The van der Waals surface area contributed by atoms with Crippen molar-refractivity contribution in [1.29, 1.82) is 0 Å². The van der Waals surface area contributed by atoms with E-state index in [1.807, 2.05) is 16.8 Å². The Kier molecular flexibility index (Phi) is 6.81. The number of rotatable bonds is 5. The number of hydrogen-bond acceptors (Lipinski definition) is 7. The molecule has 0 saturated carbocycles. The number of benzene rings is 1. The minimum atomic E-state index is -3.58. The highest BCUT2D eigenvalue weighted by Gasteiger charge is 2.39. The number of halogens is 1. The van der Waals surface area contributed by atoms with E-state index in [0.29, 0.717) is 55.2 Å². The molecule has 1 aromatic carbocycles. The molecular weight excluding hydrogens is 497 g/mol. The van der Waals surface area contributed by atoms with Crippen LogP contribution < -0.4 is 0 Å². The largest absolute Gasteiger partial charge is 0.378 e. The van der Waals surface area contributed by atoms with Crippen LogP contribution in [0.5, 0.6) is 0 Å². The molecule has 0 bridgehead atoms. The normalized spacial score (nSPS) is 24.7. The van der Waals surface area contributed by atoms with E-state index >= 15 is 0 Å². The summed E-state index contributed by atoms with van der Waals surface area (Å²) in [6.07, 6.45) is 1.44. The number of amides is 1. The first-order valence-corrected chi connectivity index (χ1v) is 15.0. The van der Waals surface area contributed by atoms with Crippen LogP contribution in [0.2, 0.25) is 0 Å². The molecule has 3 saturated heterocycles. The monoisotopic (exact) mass is 531 g/mol. The number of carbonyl (C=O) groups excluding carboxylic acids is 1. The highest BCUT2D eigenvalue weighted by atomic mass is 32.2. The minimum absolute atomic E-state index is 0.0467. The van der Waals surface area contributed by atoms with Gasteiger partial charge in [0.05, 0.1) is 35.6 Å². The Labute approximate surface area is 217 Å². The molecule has 0 radical (unpaired) electrons. The lowest BCUT2D eigenvalue weighted by atomic mass is 10.0. The van der Waals surface area contributed by atoms with Crippen molar-refractivity contribution in [1.82, 2.24) is 24.5 Å². The van der Waals surface area contributed by atoms with E-state index < -0.39 is 16.0 Å². The number of carbonyl (C=O) groups is 1. The fourth-order valence-corrected chi connectivity index (χ4v) is 7.66. The van der Waals surface area contributed by atoms with Crippen molar-refractivity contribution >= 4 is 15.7 Å². The topological polar surface area (TPSA) is 88.0 Å². The number of morpholine rings is 1. The smallest absolute Gasteiger partial charge is 0.274 e. The zero-order valence-electron chi connectivity index (χ0n) is 21.0. The Morgan fingerprint density at radius 1 is 1.00 bits per heavy atom. The van der Waals surface area contributed by atoms with Crippen LogP contribution in [0.3, 0.4) is 0 Å². The summed E-state index contributed by atoms with van der Waals surface area (Å²) in [5.41, 5.74) is 2.16. The average molecular weight is 532 g/mol. The van der Waals surface area contributed by atoms with Gasteiger partial charge in [0.15, 0.2) is 15.5 Å². The summed E-state index contributed by atoms with van der Waals surface area (Å²) in [7, 11) is -3.58. The number of likely N-dealkylation sites (tertiary alicyclic amines) is 2. The second kappa shape index (κ2) is 10.1. The number of fused-ring (bicyclic) bond motifs is 3. The SMILES string of the molecule is O=C(c1nn([C@@H]2CCN(CCN3CCC(F)CC3)C2)c2c1CS(=O)(=O)c1ccccc1-2)N1CCOCC1. The third-order valence-corrected chi connectivity index (χ3v) is 9.86. The maximum Gasteiger partial charge on any atom is 0.274 e. The average Bonchev–Trinajstić information content (AvgIpc) is 3.53. The molecule has 1 amide bonds. The zero-order valence-corrected chi connectivity index (χ0v) is 21.8. The number of aromatic nitrogens is 2. The molecule has 2 aromatic rings. The lowest BCUT2D eigenvalue weighted by molar-refractivity contribution is 0.0297. The fraction of sp³-hybridized carbons (Fsp3) is 0.615. The van der Waals surface area contributed by atoms with Crippen molar-refractivity contribution in [3.8, 4) is 11.3 Å². The van der Waals surface area contributed by atoms with Crippen LogP contribution >= 0.6 is 0 Å². The predicted octanol–water partition coefficient (Wildman–Crippen LogP) is 1.99. The van der Waals surface area contributed by atoms with Gasteiger partial charge in [0.1, 0.15) is 6.17 Å². The van der Waals surface area contributed by atoms with Crippen LogP contribution in [0.15, 0.2) is 29.2 Å². The van der Waals surface area contributed by atoms with Crippen molar-refractivity contribution in [3.63, 3.8) is 0 Å². The lowest BCUT2D eigenvalue weighted by Crippen LogP contribution is -2.41. The van der Waals surface area contributed by atoms with Crippen molar-refractivity contribution in [2.24, 2.45) is 0 Å². The molecule has 0 spiro atoms. The molecule has 6 rings (SSSR count). The van der Waals surface area contributed by atoms with Crippen molar-refractivity contribution in [3.05, 3.63) is 35.5 Å². The van der Waals surface area contributed by atoms with E-state index in [0.717, 1.165) is 51.4 Å². The van der Waals surface area contributed by atoms with Gasteiger partial charge in [-0.05, 0) is 25.3 Å². The Bertz CT molecular complexity index is 1270. The number of sulfone groups is 1. The van der Waals surface area contributed by atoms with Crippen LogP contribution in [-0.4, -0.2) is 111 Å². The maximum atomic E-state index is 13.5. The maximum absolute atomic E-state index is 13.5. The first kappa shape index (κ1) is 25.0. The number of hydrogen-bond donors (Lipinski definition) is 0. The molecule has 1 atom stereocenters. The minimum Gasteiger partial charge on any atom is -0.378 e. The molecular formula is C26H34FN5O4S. The van der Waals surface area contributed by atoms with Gasteiger partial charge in [0, 0.05) is 63.5 Å². The third-order valence-electron chi connectivity index (χ3n) is 8.16. The molecule has 3 fully saturated rings. The summed E-state index contributed by atoms with van der Waals surface area (Å²) in [5, 5.41) is 4.85. The highest BCUT2D eigenvalue weighted by molar-refractivity contribution is 7.90. The van der Waals surface area contributed by atoms with Gasteiger partial charge >= 0.3 is 0 Å². The number of nitrogens with zero attached hydrogens (tertiary/aromatic N) is 5. The first-order chi connectivity index (χ1) is 17.9. The van der Waals surface area contributed by atoms with Gasteiger partial charge in [-0.1, -0.05) is 18.2 Å². The van der Waals surface area contributed by atoms with Crippen LogP contribution in [0.4, 0.5) is 4.39 Å². The highest BCUT2D eigenvalue weighted by Crippen LogP contribution is 2.42. The van der Waals surface area contributed by atoms with E-state index in [1.54, 1.807) is 17.0 Å². The molecule has 0 unspecified atom stereocenters. The van der Waals surface area contributed by atoms with Gasteiger partial charge < -0.3 is 14.5 Å². The summed E-state index contributed by atoms with van der Waals surface area (Å²) in [5.74, 6) is -0.440. The Morgan fingerprint density at radius 3 is 2.49 bits per heavy atom. The van der Waals surface area contributed by atoms with Gasteiger partial charge in [-0.2, -0.15) is 5.10 Å². The van der Waals surface area contributed by atoms with E-state index in [4.69, 9.17) is 9.84 Å². The van der Waals surface area contributed by atoms with Crippen molar-refractivity contribution < 1.29 is 22.3 Å². The van der Waals surface area contributed by atoms with Crippen molar-refractivity contribution in [2.45, 2.75) is 42.1 Å². The number of alkyl halides is 1. The summed E-state index contributed by atoms with van der Waals surface area (Å²) in [6, 6.07) is 7.10. The molecule has 9 nitrogen and oxygen atoms in total. The summed E-state index contributed by atoms with van der Waals surface area (Å²) >= 11 is 0. The third kappa shape index (κ3) is 4.82. The molecule has 0 aliphatic carbocycles. The second-order valence-electron chi connectivity index (χ2n) is 10.5. The molecule has 200 valence electrons. The molecule has 0 N–H and O–H groups in total. The van der Waals surface area contributed by atoms with Gasteiger partial charge in [-0.25, -0.2) is 12.8 Å². The van der Waals surface area contributed by atoms with Gasteiger partial charge in [-0.15, -0.1) is 0 Å². The molecule has 37 heavy (non-hydrogen) atoms. The first-order valence-electron chi connectivity index (χ1n) is 13.3.